The molecular formula is C24H31NO3S. The first-order chi connectivity index (χ1) is 14.1. The molecular weight excluding hydrogens is 382 g/mol. The zero-order valence-corrected chi connectivity index (χ0v) is 18.2. The topological polar surface area (TPSA) is 38.8 Å². The van der Waals surface area contributed by atoms with Crippen LogP contribution in [0, 0.1) is 11.8 Å². The third kappa shape index (κ3) is 4.89. The molecule has 0 bridgehead atoms. The van der Waals surface area contributed by atoms with Gasteiger partial charge in [-0.2, -0.15) is 0 Å². The molecule has 4 aliphatic rings. The highest BCUT2D eigenvalue weighted by Crippen LogP contribution is 2.48. The number of likely N-dealkylation sites (tertiary alicyclic amines) is 1. The van der Waals surface area contributed by atoms with E-state index in [0.717, 1.165) is 44.0 Å². The Morgan fingerprint density at radius 1 is 1.31 bits per heavy atom. The Morgan fingerprint density at radius 3 is 2.90 bits per heavy atom. The van der Waals surface area contributed by atoms with Crippen LogP contribution in [0.2, 0.25) is 0 Å². The maximum atomic E-state index is 11.2. The van der Waals surface area contributed by atoms with Crippen molar-refractivity contribution in [3.05, 3.63) is 58.6 Å². The van der Waals surface area contributed by atoms with Gasteiger partial charge in [-0.3, -0.25) is 0 Å². The maximum Gasteiger partial charge on any atom is 0.139 e. The predicted octanol–water partition coefficient (Wildman–Crippen LogP) is 4.97. The standard InChI is InChI=1S/C24H31NO3S/c1-17(26)6-5-11-25-12-9-18(10-13-25)21-14-20(27-2)15-22-24(21)29-23-8-4-3-7-19(23)16-28-22/h3-4,7-8,15-16,18,21,23H,5-6,9-14H2,1-2H3. The molecule has 2 heterocycles. The van der Waals surface area contributed by atoms with Gasteiger partial charge in [0.25, 0.3) is 0 Å². The van der Waals surface area contributed by atoms with Gasteiger partial charge in [0.1, 0.15) is 11.5 Å². The van der Waals surface area contributed by atoms with Gasteiger partial charge in [-0.05, 0) is 51.7 Å². The van der Waals surface area contributed by atoms with E-state index in [-0.39, 0.29) is 0 Å². The predicted molar refractivity (Wildman–Crippen MR) is 118 cm³/mol. The lowest BCUT2D eigenvalue weighted by atomic mass is 9.79. The van der Waals surface area contributed by atoms with Crippen LogP contribution >= 0.6 is 11.8 Å². The lowest BCUT2D eigenvalue weighted by Gasteiger charge is -2.38. The van der Waals surface area contributed by atoms with Crippen LogP contribution in [0.3, 0.4) is 0 Å². The summed E-state index contributed by atoms with van der Waals surface area (Å²) in [4.78, 5) is 15.1. The second kappa shape index (κ2) is 9.40. The molecule has 29 heavy (non-hydrogen) atoms. The summed E-state index contributed by atoms with van der Waals surface area (Å²) >= 11 is 1.95. The number of thioether (sulfide) groups is 1. The van der Waals surface area contributed by atoms with E-state index in [1.807, 2.05) is 18.0 Å². The summed E-state index contributed by atoms with van der Waals surface area (Å²) in [6, 6.07) is 0. The fraction of sp³-hybridized carbons (Fsp3) is 0.542. The molecule has 1 fully saturated rings. The molecule has 0 saturated carbocycles. The van der Waals surface area contributed by atoms with Crippen LogP contribution in [0.25, 0.3) is 0 Å². The highest BCUT2D eigenvalue weighted by molar-refractivity contribution is 8.04. The van der Waals surface area contributed by atoms with E-state index in [4.69, 9.17) is 9.47 Å². The van der Waals surface area contributed by atoms with Gasteiger partial charge in [0.05, 0.1) is 24.4 Å². The number of hydrogen-bond acceptors (Lipinski definition) is 5. The molecule has 2 aliphatic carbocycles. The summed E-state index contributed by atoms with van der Waals surface area (Å²) in [6.45, 7) is 4.97. The molecule has 2 atom stereocenters. The zero-order valence-electron chi connectivity index (χ0n) is 17.4. The highest BCUT2D eigenvalue weighted by Gasteiger charge is 2.36. The first-order valence-electron chi connectivity index (χ1n) is 10.7. The van der Waals surface area contributed by atoms with Crippen LogP contribution in [0.15, 0.2) is 58.6 Å². The fourth-order valence-electron chi connectivity index (χ4n) is 4.68. The molecule has 2 unspecified atom stereocenters. The van der Waals surface area contributed by atoms with Crippen molar-refractivity contribution >= 4 is 17.5 Å². The molecule has 4 rings (SSSR count). The fourth-order valence-corrected chi connectivity index (χ4v) is 6.07. The van der Waals surface area contributed by atoms with Crippen LogP contribution < -0.4 is 0 Å². The van der Waals surface area contributed by atoms with E-state index < -0.39 is 0 Å². The summed E-state index contributed by atoms with van der Waals surface area (Å²) < 4.78 is 11.8. The molecule has 1 saturated heterocycles. The first-order valence-corrected chi connectivity index (χ1v) is 11.6. The van der Waals surface area contributed by atoms with Crippen molar-refractivity contribution in [2.75, 3.05) is 26.7 Å². The van der Waals surface area contributed by atoms with Crippen molar-refractivity contribution in [3.8, 4) is 0 Å². The third-order valence-corrected chi connectivity index (χ3v) is 7.79. The maximum absolute atomic E-state index is 11.2. The van der Waals surface area contributed by atoms with Crippen LogP contribution in [0.4, 0.5) is 0 Å². The molecule has 0 aromatic heterocycles. The number of ketones is 1. The number of rotatable bonds is 6. The lowest BCUT2D eigenvalue weighted by Crippen LogP contribution is -2.37. The van der Waals surface area contributed by atoms with Crippen molar-refractivity contribution in [2.45, 2.75) is 44.3 Å². The van der Waals surface area contributed by atoms with Gasteiger partial charge in [0.15, 0.2) is 0 Å². The molecule has 0 spiro atoms. The van der Waals surface area contributed by atoms with Gasteiger partial charge < -0.3 is 19.2 Å². The van der Waals surface area contributed by atoms with Gasteiger partial charge in [-0.25, -0.2) is 0 Å². The molecule has 0 aromatic rings. The summed E-state index contributed by atoms with van der Waals surface area (Å²) in [5.74, 6) is 3.39. The van der Waals surface area contributed by atoms with E-state index in [2.05, 4.69) is 35.3 Å². The molecule has 0 aromatic carbocycles. The Morgan fingerprint density at radius 2 is 2.14 bits per heavy atom. The Kier molecular flexibility index (Phi) is 6.66. The third-order valence-electron chi connectivity index (χ3n) is 6.35. The quantitative estimate of drug-likeness (QED) is 0.615. The average Bonchev–Trinajstić information content (AvgIpc) is 2.92. The van der Waals surface area contributed by atoms with Crippen LogP contribution in [-0.4, -0.2) is 42.7 Å². The summed E-state index contributed by atoms with van der Waals surface area (Å²) in [5, 5.41) is 0.333. The Labute approximate surface area is 178 Å². The molecule has 5 heteroatoms. The monoisotopic (exact) mass is 413 g/mol. The second-order valence-electron chi connectivity index (χ2n) is 8.36. The Balaban J connectivity index is 1.44. The number of methoxy groups -OCH3 is 1. The van der Waals surface area contributed by atoms with Crippen molar-refractivity contribution < 1.29 is 14.3 Å². The average molecular weight is 414 g/mol. The van der Waals surface area contributed by atoms with Gasteiger partial charge in [-0.1, -0.05) is 24.3 Å². The van der Waals surface area contributed by atoms with Crippen molar-refractivity contribution in [1.29, 1.82) is 0 Å². The number of carbonyl (C=O) groups is 1. The number of piperidine rings is 1. The number of carbonyl (C=O) groups excluding carboxylic acids is 1. The molecule has 0 amide bonds. The van der Waals surface area contributed by atoms with Crippen LogP contribution in [0.1, 0.15) is 39.0 Å². The minimum Gasteiger partial charge on any atom is -0.501 e. The van der Waals surface area contributed by atoms with Crippen molar-refractivity contribution in [3.63, 3.8) is 0 Å². The minimum absolute atomic E-state index is 0.297. The van der Waals surface area contributed by atoms with E-state index in [1.54, 1.807) is 14.0 Å². The van der Waals surface area contributed by atoms with Gasteiger partial charge in [0.2, 0.25) is 0 Å². The largest absolute Gasteiger partial charge is 0.501 e. The SMILES string of the molecule is COC1=CC2=C(SC3C=CC=CC3=CO2)C(C2CCN(CCCC(C)=O)CC2)C1. The Hall–Kier alpha value is -1.72. The van der Waals surface area contributed by atoms with Crippen LogP contribution in [0.5, 0.6) is 0 Å². The van der Waals surface area contributed by atoms with Crippen molar-refractivity contribution in [2.24, 2.45) is 11.8 Å². The molecule has 0 radical (unpaired) electrons. The number of nitrogens with zero attached hydrogens (tertiary/aromatic N) is 1. The smallest absolute Gasteiger partial charge is 0.139 e. The summed E-state index contributed by atoms with van der Waals surface area (Å²) in [5.41, 5.74) is 1.22. The highest BCUT2D eigenvalue weighted by atomic mass is 32.2. The summed E-state index contributed by atoms with van der Waals surface area (Å²) in [6.07, 6.45) is 17.6. The van der Waals surface area contributed by atoms with Gasteiger partial charge >= 0.3 is 0 Å². The van der Waals surface area contributed by atoms with E-state index in [1.165, 1.54) is 23.3 Å². The number of ether oxygens (including phenoxy) is 2. The normalized spacial score (nSPS) is 27.4. The van der Waals surface area contributed by atoms with Gasteiger partial charge in [0, 0.05) is 35.3 Å². The second-order valence-corrected chi connectivity index (χ2v) is 9.54. The molecule has 156 valence electrons. The molecule has 0 N–H and O–H groups in total. The van der Waals surface area contributed by atoms with Crippen LogP contribution in [-0.2, 0) is 14.3 Å². The lowest BCUT2D eigenvalue weighted by molar-refractivity contribution is -0.117. The van der Waals surface area contributed by atoms with Crippen molar-refractivity contribution in [1.82, 2.24) is 4.90 Å². The first kappa shape index (κ1) is 20.5. The van der Waals surface area contributed by atoms with E-state index in [9.17, 15) is 4.79 Å². The molecule has 4 nitrogen and oxygen atoms in total. The van der Waals surface area contributed by atoms with Gasteiger partial charge in [-0.15, -0.1) is 11.8 Å². The molecule has 2 aliphatic heterocycles. The van der Waals surface area contributed by atoms with E-state index in [0.29, 0.717) is 29.3 Å². The summed E-state index contributed by atoms with van der Waals surface area (Å²) in [7, 11) is 1.76. The number of fused-ring (bicyclic) bond motifs is 1. The number of allylic oxidation sites excluding steroid dienone is 6. The van der Waals surface area contributed by atoms with E-state index >= 15 is 0 Å². The number of Topliss-reactive ketones (excluding diaryl/α,β-unsaturated/α-hetero) is 1. The Bertz CT molecular complexity index is 784. The zero-order chi connectivity index (χ0) is 20.2. The minimum atomic E-state index is 0.297. The number of hydrogen-bond donors (Lipinski definition) is 0.